The number of nitrogens with zero attached hydrogens (tertiary/aromatic N) is 1. The van der Waals surface area contributed by atoms with E-state index in [-0.39, 0.29) is 24.8 Å². The van der Waals surface area contributed by atoms with Crippen LogP contribution in [0.3, 0.4) is 0 Å². The zero-order valence-electron chi connectivity index (χ0n) is 15.3. The van der Waals surface area contributed by atoms with E-state index in [1.165, 1.54) is 12.1 Å². The number of hydrogen-bond donors (Lipinski definition) is 2. The third-order valence-electron chi connectivity index (χ3n) is 3.89. The van der Waals surface area contributed by atoms with Crippen molar-refractivity contribution in [3.8, 4) is 11.5 Å². The highest BCUT2D eigenvalue weighted by molar-refractivity contribution is 5.94. The lowest BCUT2D eigenvalue weighted by molar-refractivity contribution is 0.306. The molecule has 146 valence electrons. The van der Waals surface area contributed by atoms with Crippen molar-refractivity contribution in [2.75, 3.05) is 12.4 Å². The summed E-state index contributed by atoms with van der Waals surface area (Å²) >= 11 is 0. The number of hydrogen-bond acceptors (Lipinski definition) is 4. The molecule has 0 aliphatic carbocycles. The highest BCUT2D eigenvalue weighted by atomic mass is 35.5. The number of anilines is 1. The highest BCUT2D eigenvalue weighted by Crippen LogP contribution is 2.22. The first-order valence-electron chi connectivity index (χ1n) is 8.43. The van der Waals surface area contributed by atoms with E-state index in [1.54, 1.807) is 37.6 Å². The minimum atomic E-state index is -0.283. The maximum absolute atomic E-state index is 13.0. The van der Waals surface area contributed by atoms with Gasteiger partial charge in [0.15, 0.2) is 11.6 Å². The minimum absolute atomic E-state index is 0. The molecule has 0 radical (unpaired) electrons. The predicted molar refractivity (Wildman–Crippen MR) is 110 cm³/mol. The number of aromatic nitrogens is 1. The lowest BCUT2D eigenvalue weighted by atomic mass is 10.1. The van der Waals surface area contributed by atoms with Gasteiger partial charge < -0.3 is 14.8 Å². The average molecular weight is 402 g/mol. The van der Waals surface area contributed by atoms with Crippen molar-refractivity contribution in [2.45, 2.75) is 13.0 Å². The summed E-state index contributed by atoms with van der Waals surface area (Å²) < 4.78 is 23.9. The Hall–Kier alpha value is -3.12. The maximum atomic E-state index is 13.0. The Morgan fingerprint density at radius 3 is 2.39 bits per heavy atom. The van der Waals surface area contributed by atoms with Crippen molar-refractivity contribution >= 4 is 24.1 Å². The van der Waals surface area contributed by atoms with Crippen LogP contribution in [0.5, 0.6) is 11.5 Å². The third kappa shape index (κ3) is 5.96. The molecule has 0 saturated heterocycles. The molecule has 2 aromatic carbocycles. The molecule has 1 aromatic heterocycles. The van der Waals surface area contributed by atoms with E-state index >= 15 is 0 Å². The summed E-state index contributed by atoms with van der Waals surface area (Å²) in [5, 5.41) is 11.2. The Morgan fingerprint density at radius 2 is 1.71 bits per heavy atom. The van der Waals surface area contributed by atoms with Crippen LogP contribution in [0.1, 0.15) is 11.1 Å². The molecule has 0 spiro atoms. The van der Waals surface area contributed by atoms with Gasteiger partial charge in [0.25, 0.3) is 0 Å². The Bertz CT molecular complexity index is 902. The van der Waals surface area contributed by atoms with E-state index in [0.29, 0.717) is 23.8 Å². The van der Waals surface area contributed by atoms with Gasteiger partial charge in [0.05, 0.1) is 7.11 Å². The fourth-order valence-corrected chi connectivity index (χ4v) is 2.48. The van der Waals surface area contributed by atoms with Crippen LogP contribution in [0.15, 0.2) is 66.9 Å². The maximum Gasteiger partial charge on any atom is 0.174 e. The van der Waals surface area contributed by atoms with Crippen molar-refractivity contribution in [3.63, 3.8) is 0 Å². The number of halogens is 2. The van der Waals surface area contributed by atoms with Crippen LogP contribution >= 0.6 is 12.4 Å². The van der Waals surface area contributed by atoms with Crippen molar-refractivity contribution in [1.29, 1.82) is 5.41 Å². The second-order valence-corrected chi connectivity index (χ2v) is 5.89. The minimum Gasteiger partial charge on any atom is -0.497 e. The first-order chi connectivity index (χ1) is 13.1. The molecule has 3 aromatic rings. The zero-order chi connectivity index (χ0) is 19.1. The smallest absolute Gasteiger partial charge is 0.174 e. The monoisotopic (exact) mass is 401 g/mol. The molecule has 0 aliphatic heterocycles. The van der Waals surface area contributed by atoms with Crippen LogP contribution in [0.2, 0.25) is 0 Å². The SMILES string of the molecule is COc1ccc(CC(=N)Nc2ncccc2OCc2ccc(F)cc2)cc1.Cl. The second kappa shape index (κ2) is 10.3. The summed E-state index contributed by atoms with van der Waals surface area (Å²) in [5.74, 6) is 1.79. The van der Waals surface area contributed by atoms with E-state index in [0.717, 1.165) is 16.9 Å². The van der Waals surface area contributed by atoms with Crippen molar-refractivity contribution < 1.29 is 13.9 Å². The van der Waals surface area contributed by atoms with Crippen LogP contribution < -0.4 is 14.8 Å². The van der Waals surface area contributed by atoms with Gasteiger partial charge in [-0.1, -0.05) is 24.3 Å². The second-order valence-electron chi connectivity index (χ2n) is 5.89. The summed E-state index contributed by atoms with van der Waals surface area (Å²) in [7, 11) is 1.62. The normalized spacial score (nSPS) is 9.93. The highest BCUT2D eigenvalue weighted by Gasteiger charge is 2.08. The van der Waals surface area contributed by atoms with Gasteiger partial charge in [-0.2, -0.15) is 0 Å². The Morgan fingerprint density at radius 1 is 1.04 bits per heavy atom. The fraction of sp³-hybridized carbons (Fsp3) is 0.143. The van der Waals surface area contributed by atoms with E-state index < -0.39 is 0 Å². The number of benzene rings is 2. The Balaban J connectivity index is 0.00000280. The van der Waals surface area contributed by atoms with E-state index in [9.17, 15) is 4.39 Å². The predicted octanol–water partition coefficient (Wildman–Crippen LogP) is 4.86. The van der Waals surface area contributed by atoms with Gasteiger partial charge in [-0.05, 0) is 47.5 Å². The summed E-state index contributed by atoms with van der Waals surface area (Å²) in [6.07, 6.45) is 2.06. The molecule has 0 atom stereocenters. The van der Waals surface area contributed by atoms with E-state index in [4.69, 9.17) is 14.9 Å². The molecule has 7 heteroatoms. The number of rotatable bonds is 7. The van der Waals surface area contributed by atoms with Gasteiger partial charge in [-0.3, -0.25) is 5.41 Å². The summed E-state index contributed by atoms with van der Waals surface area (Å²) in [4.78, 5) is 4.26. The van der Waals surface area contributed by atoms with Crippen LogP contribution in [-0.2, 0) is 13.0 Å². The topological polar surface area (TPSA) is 67.2 Å². The molecule has 0 aliphatic rings. The van der Waals surface area contributed by atoms with Crippen LogP contribution in [0.4, 0.5) is 10.2 Å². The molecule has 0 amide bonds. The molecule has 1 heterocycles. The van der Waals surface area contributed by atoms with E-state index in [1.807, 2.05) is 24.3 Å². The Labute approximate surface area is 169 Å². The number of pyridine rings is 1. The molecule has 5 nitrogen and oxygen atoms in total. The first kappa shape index (κ1) is 21.2. The molecule has 0 fully saturated rings. The lowest BCUT2D eigenvalue weighted by Gasteiger charge is -2.13. The van der Waals surface area contributed by atoms with Crippen LogP contribution in [0.25, 0.3) is 0 Å². The quantitative estimate of drug-likeness (QED) is 0.438. The molecule has 3 rings (SSSR count). The van der Waals surface area contributed by atoms with Crippen LogP contribution in [0, 0.1) is 11.2 Å². The van der Waals surface area contributed by atoms with Crippen molar-refractivity contribution in [1.82, 2.24) is 4.98 Å². The van der Waals surface area contributed by atoms with Crippen molar-refractivity contribution in [2.24, 2.45) is 0 Å². The number of nitrogens with one attached hydrogen (secondary N) is 2. The number of ether oxygens (including phenoxy) is 2. The molecule has 0 bridgehead atoms. The number of methoxy groups -OCH3 is 1. The van der Waals surface area contributed by atoms with Gasteiger partial charge in [0.1, 0.15) is 24.0 Å². The fourth-order valence-electron chi connectivity index (χ4n) is 2.48. The van der Waals surface area contributed by atoms with Gasteiger partial charge in [0, 0.05) is 12.6 Å². The molecule has 0 unspecified atom stereocenters. The molecule has 2 N–H and O–H groups in total. The molecular weight excluding hydrogens is 381 g/mol. The van der Waals surface area contributed by atoms with Gasteiger partial charge in [-0.25, -0.2) is 9.37 Å². The van der Waals surface area contributed by atoms with Gasteiger partial charge in [-0.15, -0.1) is 12.4 Å². The van der Waals surface area contributed by atoms with E-state index in [2.05, 4.69) is 10.3 Å². The lowest BCUT2D eigenvalue weighted by Crippen LogP contribution is -2.15. The standard InChI is InChI=1S/C21H20FN3O2.ClH/c1-26-18-10-6-15(7-11-18)13-20(23)25-21-19(3-2-12-24-21)27-14-16-4-8-17(22)9-5-16;/h2-12H,13-14H2,1H3,(H2,23,24,25);1H. The Kier molecular flexibility index (Phi) is 7.77. The third-order valence-corrected chi connectivity index (χ3v) is 3.89. The van der Waals surface area contributed by atoms with Crippen molar-refractivity contribution in [3.05, 3.63) is 83.8 Å². The van der Waals surface area contributed by atoms with Gasteiger partial charge in [0.2, 0.25) is 0 Å². The zero-order valence-corrected chi connectivity index (χ0v) is 16.1. The first-order valence-corrected chi connectivity index (χ1v) is 8.43. The van der Waals surface area contributed by atoms with Gasteiger partial charge >= 0.3 is 0 Å². The molecule has 28 heavy (non-hydrogen) atoms. The summed E-state index contributed by atoms with van der Waals surface area (Å²) in [6.45, 7) is 0.284. The number of amidine groups is 1. The average Bonchev–Trinajstić information content (AvgIpc) is 2.69. The molecular formula is C21H21ClFN3O2. The summed E-state index contributed by atoms with van der Waals surface area (Å²) in [5.41, 5.74) is 1.83. The summed E-state index contributed by atoms with van der Waals surface area (Å²) in [6, 6.07) is 17.2. The largest absolute Gasteiger partial charge is 0.497 e. The molecule has 0 saturated carbocycles. The van der Waals surface area contributed by atoms with Crippen LogP contribution in [-0.4, -0.2) is 17.9 Å².